The van der Waals surface area contributed by atoms with Gasteiger partial charge in [-0.2, -0.15) is 0 Å². The van der Waals surface area contributed by atoms with Gasteiger partial charge in [0.1, 0.15) is 0 Å². The molecule has 0 saturated carbocycles. The molecule has 1 unspecified atom stereocenters. The topological polar surface area (TPSA) is 49.3 Å². The summed E-state index contributed by atoms with van der Waals surface area (Å²) in [6, 6.07) is 7.30. The molecule has 0 aliphatic heterocycles. The number of hydroxylamine groups is 1. The molecule has 1 aromatic carbocycles. The van der Waals surface area contributed by atoms with Gasteiger partial charge in [0.05, 0.1) is 0 Å². The molecule has 82 valence electrons. The Bertz CT molecular complexity index is 330. The van der Waals surface area contributed by atoms with Crippen LogP contribution < -0.4 is 5.48 Å². The maximum Gasteiger partial charge on any atom is 0.274 e. The first kappa shape index (κ1) is 11.7. The molecule has 0 aromatic heterocycles. The van der Waals surface area contributed by atoms with Crippen LogP contribution in [0.4, 0.5) is 0 Å². The second-order valence-electron chi connectivity index (χ2n) is 4.10. The average molecular weight is 207 g/mol. The van der Waals surface area contributed by atoms with E-state index < -0.39 is 5.91 Å². The molecule has 1 atom stereocenters. The van der Waals surface area contributed by atoms with Crippen molar-refractivity contribution in [1.82, 2.24) is 5.48 Å². The van der Waals surface area contributed by atoms with Gasteiger partial charge in [0.25, 0.3) is 5.91 Å². The van der Waals surface area contributed by atoms with Crippen molar-refractivity contribution in [2.24, 2.45) is 5.92 Å². The lowest BCUT2D eigenvalue weighted by molar-refractivity contribution is 0.0706. The van der Waals surface area contributed by atoms with Crippen LogP contribution in [0.25, 0.3) is 0 Å². The van der Waals surface area contributed by atoms with Gasteiger partial charge in [-0.25, -0.2) is 5.48 Å². The predicted octanol–water partition coefficient (Wildman–Crippen LogP) is 2.57. The molecule has 1 amide bonds. The number of rotatable bonds is 3. The quantitative estimate of drug-likeness (QED) is 0.591. The van der Waals surface area contributed by atoms with Crippen molar-refractivity contribution < 1.29 is 10.0 Å². The highest BCUT2D eigenvalue weighted by Gasteiger charge is 2.10. The predicted molar refractivity (Wildman–Crippen MR) is 58.9 cm³/mol. The lowest BCUT2D eigenvalue weighted by Crippen LogP contribution is -2.18. The Kier molecular flexibility index (Phi) is 3.86. The van der Waals surface area contributed by atoms with Crippen LogP contribution in [0.2, 0.25) is 0 Å². The van der Waals surface area contributed by atoms with E-state index in [2.05, 4.69) is 20.8 Å². The summed E-state index contributed by atoms with van der Waals surface area (Å²) in [7, 11) is 0. The van der Waals surface area contributed by atoms with Crippen molar-refractivity contribution in [2.45, 2.75) is 26.7 Å². The Morgan fingerprint density at radius 1 is 1.20 bits per heavy atom. The second kappa shape index (κ2) is 4.94. The summed E-state index contributed by atoms with van der Waals surface area (Å²) >= 11 is 0. The van der Waals surface area contributed by atoms with Crippen LogP contribution in [0.1, 0.15) is 42.6 Å². The van der Waals surface area contributed by atoms with E-state index in [1.807, 2.05) is 12.1 Å². The minimum atomic E-state index is -0.473. The molecule has 3 heteroatoms. The summed E-state index contributed by atoms with van der Waals surface area (Å²) in [5, 5.41) is 8.46. The van der Waals surface area contributed by atoms with Gasteiger partial charge < -0.3 is 0 Å². The van der Waals surface area contributed by atoms with Gasteiger partial charge >= 0.3 is 0 Å². The molecule has 3 nitrogen and oxygen atoms in total. The smallest absolute Gasteiger partial charge is 0.274 e. The number of hydrogen-bond acceptors (Lipinski definition) is 2. The molecule has 2 N–H and O–H groups in total. The third kappa shape index (κ3) is 2.80. The van der Waals surface area contributed by atoms with Gasteiger partial charge in [-0.1, -0.05) is 32.9 Å². The van der Waals surface area contributed by atoms with Gasteiger partial charge in [0.15, 0.2) is 0 Å². The normalized spacial score (nSPS) is 12.6. The fraction of sp³-hybridized carbons (Fsp3) is 0.417. The van der Waals surface area contributed by atoms with E-state index in [1.54, 1.807) is 17.6 Å². The summed E-state index contributed by atoms with van der Waals surface area (Å²) in [6.45, 7) is 6.49. The van der Waals surface area contributed by atoms with Crippen molar-refractivity contribution >= 4 is 5.91 Å². The van der Waals surface area contributed by atoms with E-state index in [0.717, 1.165) is 0 Å². The first-order chi connectivity index (χ1) is 7.06. The van der Waals surface area contributed by atoms with Crippen molar-refractivity contribution in [2.75, 3.05) is 0 Å². The molecular weight excluding hydrogens is 190 g/mol. The zero-order valence-electron chi connectivity index (χ0n) is 9.32. The monoisotopic (exact) mass is 207 g/mol. The number of amides is 1. The largest absolute Gasteiger partial charge is 0.288 e. The van der Waals surface area contributed by atoms with Crippen LogP contribution in [0.15, 0.2) is 24.3 Å². The van der Waals surface area contributed by atoms with E-state index in [-0.39, 0.29) is 0 Å². The number of hydrogen-bond donors (Lipinski definition) is 2. The molecule has 0 radical (unpaired) electrons. The summed E-state index contributed by atoms with van der Waals surface area (Å²) < 4.78 is 0. The zero-order valence-corrected chi connectivity index (χ0v) is 9.32. The van der Waals surface area contributed by atoms with E-state index in [0.29, 0.717) is 17.4 Å². The summed E-state index contributed by atoms with van der Waals surface area (Å²) in [5.74, 6) is 0.567. The van der Waals surface area contributed by atoms with Crippen molar-refractivity contribution in [3.63, 3.8) is 0 Å². The minimum absolute atomic E-state index is 0.469. The van der Waals surface area contributed by atoms with E-state index in [4.69, 9.17) is 5.21 Å². The van der Waals surface area contributed by atoms with Crippen LogP contribution in [-0.4, -0.2) is 11.1 Å². The summed E-state index contributed by atoms with van der Waals surface area (Å²) in [6.07, 6.45) is 0. The van der Waals surface area contributed by atoms with E-state index in [9.17, 15) is 4.79 Å². The lowest BCUT2D eigenvalue weighted by Gasteiger charge is -2.15. The SMILES string of the molecule is CC(C)C(C)c1ccc(C(=O)NO)cc1. The number of nitrogens with one attached hydrogen (secondary N) is 1. The first-order valence-electron chi connectivity index (χ1n) is 5.10. The van der Waals surface area contributed by atoms with Gasteiger partial charge in [0.2, 0.25) is 0 Å². The van der Waals surface area contributed by atoms with Crippen LogP contribution in [0, 0.1) is 5.92 Å². The molecule has 15 heavy (non-hydrogen) atoms. The standard InChI is InChI=1S/C12H17NO2/c1-8(2)9(3)10-4-6-11(7-5-10)12(14)13-15/h4-9,15H,1-3H3,(H,13,14). The molecular formula is C12H17NO2. The molecule has 0 bridgehead atoms. The molecule has 0 aliphatic rings. The summed E-state index contributed by atoms with van der Waals surface area (Å²) in [4.78, 5) is 11.1. The van der Waals surface area contributed by atoms with Crippen LogP contribution in [0.3, 0.4) is 0 Å². The fourth-order valence-electron chi connectivity index (χ4n) is 1.39. The lowest BCUT2D eigenvalue weighted by atomic mass is 9.90. The van der Waals surface area contributed by atoms with Crippen molar-refractivity contribution in [3.05, 3.63) is 35.4 Å². The third-order valence-corrected chi connectivity index (χ3v) is 2.80. The number of benzene rings is 1. The Morgan fingerprint density at radius 2 is 1.73 bits per heavy atom. The van der Waals surface area contributed by atoms with Gasteiger partial charge in [-0.05, 0) is 29.5 Å². The fourth-order valence-corrected chi connectivity index (χ4v) is 1.39. The van der Waals surface area contributed by atoms with Gasteiger partial charge in [0, 0.05) is 5.56 Å². The van der Waals surface area contributed by atoms with Gasteiger partial charge in [-0.15, -0.1) is 0 Å². The zero-order chi connectivity index (χ0) is 11.4. The summed E-state index contributed by atoms with van der Waals surface area (Å²) in [5.41, 5.74) is 3.29. The molecule has 1 aromatic rings. The van der Waals surface area contributed by atoms with Gasteiger partial charge in [-0.3, -0.25) is 10.0 Å². The average Bonchev–Trinajstić information content (AvgIpc) is 2.27. The Hall–Kier alpha value is -1.35. The molecule has 0 fully saturated rings. The molecule has 1 rings (SSSR count). The maximum atomic E-state index is 11.1. The number of carbonyl (C=O) groups is 1. The Labute approximate surface area is 90.1 Å². The molecule has 0 heterocycles. The molecule has 0 saturated heterocycles. The van der Waals surface area contributed by atoms with Crippen LogP contribution in [-0.2, 0) is 0 Å². The Balaban J connectivity index is 2.85. The van der Waals surface area contributed by atoms with Crippen molar-refractivity contribution in [1.29, 1.82) is 0 Å². The molecule has 0 aliphatic carbocycles. The van der Waals surface area contributed by atoms with E-state index >= 15 is 0 Å². The van der Waals surface area contributed by atoms with Crippen molar-refractivity contribution in [3.8, 4) is 0 Å². The first-order valence-corrected chi connectivity index (χ1v) is 5.10. The number of carbonyl (C=O) groups excluding carboxylic acids is 1. The highest BCUT2D eigenvalue weighted by Crippen LogP contribution is 2.23. The highest BCUT2D eigenvalue weighted by atomic mass is 16.5. The van der Waals surface area contributed by atoms with E-state index in [1.165, 1.54) is 5.56 Å². The van der Waals surface area contributed by atoms with Crippen LogP contribution in [0.5, 0.6) is 0 Å². The molecule has 0 spiro atoms. The third-order valence-electron chi connectivity index (χ3n) is 2.80. The Morgan fingerprint density at radius 3 is 2.13 bits per heavy atom. The van der Waals surface area contributed by atoms with Crippen LogP contribution >= 0.6 is 0 Å². The maximum absolute atomic E-state index is 11.1. The minimum Gasteiger partial charge on any atom is -0.288 e. The highest BCUT2D eigenvalue weighted by molar-refractivity contribution is 5.93. The second-order valence-corrected chi connectivity index (χ2v) is 4.10.